The van der Waals surface area contributed by atoms with Crippen LogP contribution in [0.15, 0.2) is 48.5 Å². The van der Waals surface area contributed by atoms with E-state index in [1.807, 2.05) is 24.3 Å². The fraction of sp³-hybridized carbons (Fsp3) is 0.381. The van der Waals surface area contributed by atoms with Gasteiger partial charge in [-0.05, 0) is 67.8 Å². The molecule has 29 heavy (non-hydrogen) atoms. The second-order valence-corrected chi connectivity index (χ2v) is 9.05. The van der Waals surface area contributed by atoms with Gasteiger partial charge in [-0.2, -0.15) is 0 Å². The molecule has 6 nitrogen and oxygen atoms in total. The number of amides is 1. The molecule has 156 valence electrons. The Labute approximate surface area is 171 Å². The number of hydrogen-bond donors (Lipinski definition) is 1. The highest BCUT2D eigenvalue weighted by Crippen LogP contribution is 2.25. The van der Waals surface area contributed by atoms with Gasteiger partial charge < -0.3 is 10.2 Å². The van der Waals surface area contributed by atoms with E-state index >= 15 is 0 Å². The maximum absolute atomic E-state index is 13.3. The third-order valence-electron chi connectivity index (χ3n) is 5.02. The summed E-state index contributed by atoms with van der Waals surface area (Å²) in [6.45, 7) is 3.80. The van der Waals surface area contributed by atoms with Crippen molar-refractivity contribution in [3.8, 4) is 0 Å². The topological polar surface area (TPSA) is 69.7 Å². The third-order valence-corrected chi connectivity index (χ3v) is 6.20. The van der Waals surface area contributed by atoms with Crippen LogP contribution < -0.4 is 14.5 Å². The van der Waals surface area contributed by atoms with E-state index < -0.39 is 27.8 Å². The van der Waals surface area contributed by atoms with Crippen LogP contribution in [0.2, 0.25) is 0 Å². The lowest BCUT2D eigenvalue weighted by Gasteiger charge is -2.30. The fourth-order valence-corrected chi connectivity index (χ4v) is 4.82. The molecule has 1 fully saturated rings. The van der Waals surface area contributed by atoms with E-state index in [9.17, 15) is 17.6 Å². The molecule has 0 radical (unpaired) electrons. The van der Waals surface area contributed by atoms with Gasteiger partial charge in [0.2, 0.25) is 15.9 Å². The Hall–Kier alpha value is -2.61. The van der Waals surface area contributed by atoms with Crippen LogP contribution in [-0.4, -0.2) is 39.7 Å². The molecule has 1 saturated heterocycles. The summed E-state index contributed by atoms with van der Waals surface area (Å²) in [6.07, 6.45) is 3.67. The average Bonchev–Trinajstić information content (AvgIpc) is 3.21. The Bertz CT molecular complexity index is 940. The Balaban J connectivity index is 1.79. The molecule has 2 aromatic rings. The molecule has 1 aliphatic heterocycles. The largest absolute Gasteiger partial charge is 0.372 e. The van der Waals surface area contributed by atoms with Crippen molar-refractivity contribution in [1.82, 2.24) is 0 Å². The van der Waals surface area contributed by atoms with E-state index in [1.165, 1.54) is 37.1 Å². The van der Waals surface area contributed by atoms with Gasteiger partial charge in [-0.25, -0.2) is 12.8 Å². The number of nitrogens with one attached hydrogen (secondary N) is 1. The molecule has 0 aromatic heterocycles. The number of anilines is 3. The molecule has 1 aliphatic rings. The van der Waals surface area contributed by atoms with E-state index in [1.54, 1.807) is 6.92 Å². The summed E-state index contributed by atoms with van der Waals surface area (Å²) in [5, 5.41) is 2.81. The fourth-order valence-electron chi connectivity index (χ4n) is 3.60. The molecule has 2 aromatic carbocycles. The number of carbonyl (C=O) groups excluding carboxylic acids is 1. The van der Waals surface area contributed by atoms with Crippen molar-refractivity contribution in [2.24, 2.45) is 0 Å². The predicted molar refractivity (Wildman–Crippen MR) is 114 cm³/mol. The number of nitrogens with zero attached hydrogens (tertiary/aromatic N) is 2. The Kier molecular flexibility index (Phi) is 6.42. The highest BCUT2D eigenvalue weighted by molar-refractivity contribution is 7.92. The van der Waals surface area contributed by atoms with E-state index in [2.05, 4.69) is 10.2 Å². The maximum atomic E-state index is 13.3. The third kappa shape index (κ3) is 5.06. The number of sulfonamides is 1. The van der Waals surface area contributed by atoms with Gasteiger partial charge in [-0.3, -0.25) is 9.10 Å². The SMILES string of the molecule is CC[C@@H](C(=O)Nc1ccc(N2CCCC2)cc1)N(c1ccc(F)cc1)S(C)(=O)=O. The summed E-state index contributed by atoms with van der Waals surface area (Å²) < 4.78 is 39.1. The first kappa shape index (κ1) is 21.1. The first-order chi connectivity index (χ1) is 13.8. The number of benzene rings is 2. The van der Waals surface area contributed by atoms with Crippen LogP contribution in [0.4, 0.5) is 21.5 Å². The minimum Gasteiger partial charge on any atom is -0.372 e. The standard InChI is InChI=1S/C21H26FN3O3S/c1-3-20(25(29(2,27)28)19-10-6-16(22)7-11-19)21(26)23-17-8-12-18(13-9-17)24-14-4-5-15-24/h6-13,20H,3-5,14-15H2,1-2H3,(H,23,26)/t20-/m0/s1. The van der Waals surface area contributed by atoms with Crippen molar-refractivity contribution in [3.05, 3.63) is 54.3 Å². The van der Waals surface area contributed by atoms with Gasteiger partial charge in [0.25, 0.3) is 0 Å². The summed E-state index contributed by atoms with van der Waals surface area (Å²) in [6, 6.07) is 11.7. The molecule has 1 N–H and O–H groups in total. The first-order valence-electron chi connectivity index (χ1n) is 9.70. The molecular weight excluding hydrogens is 393 g/mol. The van der Waals surface area contributed by atoms with Gasteiger partial charge in [-0.15, -0.1) is 0 Å². The summed E-state index contributed by atoms with van der Waals surface area (Å²) in [7, 11) is -3.75. The molecule has 1 heterocycles. The van der Waals surface area contributed by atoms with Crippen molar-refractivity contribution in [2.75, 3.05) is 33.9 Å². The summed E-state index contributed by atoms with van der Waals surface area (Å²) in [4.78, 5) is 15.2. The van der Waals surface area contributed by atoms with E-state index in [0.29, 0.717) is 5.69 Å². The highest BCUT2D eigenvalue weighted by Gasteiger charge is 2.31. The predicted octanol–water partition coefficient (Wildman–Crippen LogP) is 3.61. The molecular formula is C21H26FN3O3S. The van der Waals surface area contributed by atoms with E-state index in [-0.39, 0.29) is 12.1 Å². The molecule has 3 rings (SSSR count). The van der Waals surface area contributed by atoms with Gasteiger partial charge >= 0.3 is 0 Å². The minimum absolute atomic E-state index is 0.250. The van der Waals surface area contributed by atoms with Crippen LogP contribution in [-0.2, 0) is 14.8 Å². The monoisotopic (exact) mass is 419 g/mol. The van der Waals surface area contributed by atoms with Crippen molar-refractivity contribution < 1.29 is 17.6 Å². The lowest BCUT2D eigenvalue weighted by Crippen LogP contribution is -2.47. The first-order valence-corrected chi connectivity index (χ1v) is 11.6. The Morgan fingerprint density at radius 1 is 1.10 bits per heavy atom. The van der Waals surface area contributed by atoms with Gasteiger partial charge in [0.15, 0.2) is 0 Å². The van der Waals surface area contributed by atoms with Crippen LogP contribution in [0.5, 0.6) is 0 Å². The zero-order valence-corrected chi connectivity index (χ0v) is 17.5. The van der Waals surface area contributed by atoms with Crippen LogP contribution in [0.25, 0.3) is 0 Å². The van der Waals surface area contributed by atoms with Crippen LogP contribution >= 0.6 is 0 Å². The second kappa shape index (κ2) is 8.82. The zero-order chi connectivity index (χ0) is 21.0. The van der Waals surface area contributed by atoms with Gasteiger partial charge in [0, 0.05) is 24.5 Å². The van der Waals surface area contributed by atoms with E-state index in [0.717, 1.165) is 29.3 Å². The number of carbonyl (C=O) groups is 1. The van der Waals surface area contributed by atoms with Gasteiger partial charge in [0.05, 0.1) is 11.9 Å². The van der Waals surface area contributed by atoms with Crippen molar-refractivity contribution in [3.63, 3.8) is 0 Å². The molecule has 1 amide bonds. The molecule has 1 atom stereocenters. The van der Waals surface area contributed by atoms with Crippen molar-refractivity contribution in [1.29, 1.82) is 0 Å². The molecule has 0 unspecified atom stereocenters. The highest BCUT2D eigenvalue weighted by atomic mass is 32.2. The van der Waals surface area contributed by atoms with Gasteiger partial charge in [0.1, 0.15) is 11.9 Å². The van der Waals surface area contributed by atoms with Crippen LogP contribution in [0.1, 0.15) is 26.2 Å². The van der Waals surface area contributed by atoms with Crippen LogP contribution in [0.3, 0.4) is 0 Å². The smallest absolute Gasteiger partial charge is 0.248 e. The van der Waals surface area contributed by atoms with Crippen LogP contribution in [0, 0.1) is 5.82 Å². The lowest BCUT2D eigenvalue weighted by molar-refractivity contribution is -0.117. The zero-order valence-electron chi connectivity index (χ0n) is 16.6. The Morgan fingerprint density at radius 2 is 1.69 bits per heavy atom. The molecule has 0 saturated carbocycles. The molecule has 0 aliphatic carbocycles. The lowest BCUT2D eigenvalue weighted by atomic mass is 10.1. The summed E-state index contributed by atoms with van der Waals surface area (Å²) in [5.74, 6) is -0.908. The second-order valence-electron chi connectivity index (χ2n) is 7.19. The average molecular weight is 420 g/mol. The van der Waals surface area contributed by atoms with Crippen molar-refractivity contribution in [2.45, 2.75) is 32.2 Å². The number of halogens is 1. The summed E-state index contributed by atoms with van der Waals surface area (Å²) in [5.41, 5.74) is 1.96. The molecule has 0 bridgehead atoms. The maximum Gasteiger partial charge on any atom is 0.248 e. The van der Waals surface area contributed by atoms with Gasteiger partial charge in [-0.1, -0.05) is 6.92 Å². The quantitative estimate of drug-likeness (QED) is 0.744. The summed E-state index contributed by atoms with van der Waals surface area (Å²) >= 11 is 0. The van der Waals surface area contributed by atoms with Crippen molar-refractivity contribution >= 4 is 33.0 Å². The minimum atomic E-state index is -3.75. The molecule has 8 heteroatoms. The molecule has 0 spiro atoms. The normalized spacial score (nSPS) is 15.2. The Morgan fingerprint density at radius 3 is 2.21 bits per heavy atom. The number of hydrogen-bond acceptors (Lipinski definition) is 4. The number of rotatable bonds is 7. The van der Waals surface area contributed by atoms with E-state index in [4.69, 9.17) is 0 Å².